The maximum Gasteiger partial charge on any atom is 0.261 e. The molecule has 22 heavy (non-hydrogen) atoms. The van der Waals surface area contributed by atoms with Gasteiger partial charge in [-0.1, -0.05) is 0 Å². The van der Waals surface area contributed by atoms with Crippen LogP contribution in [0.4, 0.5) is 5.69 Å². The summed E-state index contributed by atoms with van der Waals surface area (Å²) in [7, 11) is 1.45. The van der Waals surface area contributed by atoms with E-state index in [1.165, 1.54) is 7.05 Å². The van der Waals surface area contributed by atoms with Crippen LogP contribution in [0.25, 0.3) is 0 Å². The van der Waals surface area contributed by atoms with Crippen LogP contribution in [0.5, 0.6) is 0 Å². The first kappa shape index (κ1) is 14.5. The number of aryl methyl sites for hydroxylation is 1. The summed E-state index contributed by atoms with van der Waals surface area (Å²) >= 11 is 1.60. The zero-order valence-electron chi connectivity index (χ0n) is 12.0. The van der Waals surface area contributed by atoms with E-state index in [4.69, 9.17) is 0 Å². The summed E-state index contributed by atoms with van der Waals surface area (Å²) in [5.74, 6) is -0.763. The molecule has 0 fully saturated rings. The Bertz CT molecular complexity index is 753. The summed E-state index contributed by atoms with van der Waals surface area (Å²) in [6, 6.07) is 6.77. The molecule has 6 heteroatoms. The van der Waals surface area contributed by atoms with Crippen LogP contribution in [0.3, 0.4) is 0 Å². The van der Waals surface area contributed by atoms with Gasteiger partial charge in [-0.05, 0) is 47.0 Å². The molecule has 3 amide bonds. The lowest BCUT2D eigenvalue weighted by Gasteiger charge is -2.06. The summed E-state index contributed by atoms with van der Waals surface area (Å²) in [5, 5.41) is 6.76. The van der Waals surface area contributed by atoms with E-state index in [1.54, 1.807) is 29.5 Å². The maximum atomic E-state index is 11.9. The highest BCUT2D eigenvalue weighted by molar-refractivity contribution is 7.07. The van der Waals surface area contributed by atoms with E-state index < -0.39 is 0 Å². The third-order valence-electron chi connectivity index (χ3n) is 3.59. The van der Waals surface area contributed by atoms with Gasteiger partial charge in [-0.2, -0.15) is 11.3 Å². The van der Waals surface area contributed by atoms with Crippen LogP contribution in [-0.2, 0) is 11.2 Å². The first-order valence-electron chi connectivity index (χ1n) is 6.83. The number of rotatable bonds is 4. The highest BCUT2D eigenvalue weighted by Gasteiger charge is 2.32. The van der Waals surface area contributed by atoms with Crippen molar-refractivity contribution in [2.75, 3.05) is 12.4 Å². The molecular formula is C16H14N2O3S. The predicted octanol–water partition coefficient (Wildman–Crippen LogP) is 2.55. The molecule has 2 heterocycles. The lowest BCUT2D eigenvalue weighted by atomic mass is 10.1. The molecule has 0 radical (unpaired) electrons. The molecule has 1 N–H and O–H groups in total. The highest BCUT2D eigenvalue weighted by atomic mass is 32.1. The molecule has 0 spiro atoms. The molecule has 0 bridgehead atoms. The molecule has 1 aliphatic rings. The number of carbonyl (C=O) groups is 3. The number of carbonyl (C=O) groups excluding carboxylic acids is 3. The summed E-state index contributed by atoms with van der Waals surface area (Å²) in [6.45, 7) is 0. The van der Waals surface area contributed by atoms with E-state index in [0.717, 1.165) is 10.5 Å². The Balaban J connectivity index is 1.68. The zero-order chi connectivity index (χ0) is 15.7. The third kappa shape index (κ3) is 2.65. The molecule has 0 saturated heterocycles. The number of thiophene rings is 1. The molecular weight excluding hydrogens is 300 g/mol. The second-order valence-electron chi connectivity index (χ2n) is 5.11. The predicted molar refractivity (Wildman–Crippen MR) is 84.1 cm³/mol. The number of anilines is 1. The van der Waals surface area contributed by atoms with Crippen LogP contribution in [0.15, 0.2) is 35.0 Å². The number of nitrogens with zero attached hydrogens (tertiary/aromatic N) is 1. The Morgan fingerprint density at radius 1 is 1.18 bits per heavy atom. The zero-order valence-corrected chi connectivity index (χ0v) is 12.8. The molecule has 5 nitrogen and oxygen atoms in total. The molecule has 1 aromatic carbocycles. The van der Waals surface area contributed by atoms with Gasteiger partial charge in [0.1, 0.15) is 0 Å². The highest BCUT2D eigenvalue weighted by Crippen LogP contribution is 2.24. The van der Waals surface area contributed by atoms with Crippen molar-refractivity contribution >= 4 is 34.7 Å². The van der Waals surface area contributed by atoms with Gasteiger partial charge in [-0.15, -0.1) is 0 Å². The number of fused-ring (bicyclic) bond motifs is 1. The van der Waals surface area contributed by atoms with Crippen LogP contribution in [0.1, 0.15) is 32.7 Å². The van der Waals surface area contributed by atoms with Crippen molar-refractivity contribution in [2.45, 2.75) is 12.8 Å². The van der Waals surface area contributed by atoms with Crippen LogP contribution >= 0.6 is 11.3 Å². The van der Waals surface area contributed by atoms with Crippen molar-refractivity contribution in [3.05, 3.63) is 51.7 Å². The Kier molecular flexibility index (Phi) is 3.77. The van der Waals surface area contributed by atoms with Gasteiger partial charge in [-0.25, -0.2) is 0 Å². The lowest BCUT2D eigenvalue weighted by molar-refractivity contribution is -0.116. The normalized spacial score (nSPS) is 13.4. The fraction of sp³-hybridized carbons (Fsp3) is 0.188. The van der Waals surface area contributed by atoms with E-state index >= 15 is 0 Å². The quantitative estimate of drug-likeness (QED) is 0.882. The number of nitrogens with one attached hydrogen (secondary N) is 1. The van der Waals surface area contributed by atoms with E-state index in [0.29, 0.717) is 29.7 Å². The van der Waals surface area contributed by atoms with Gasteiger partial charge in [0.15, 0.2) is 0 Å². The van der Waals surface area contributed by atoms with Gasteiger partial charge in [0.2, 0.25) is 5.91 Å². The summed E-state index contributed by atoms with van der Waals surface area (Å²) in [5.41, 5.74) is 2.38. The summed E-state index contributed by atoms with van der Waals surface area (Å²) in [6.07, 6.45) is 1.06. The standard InChI is InChI=1S/C16H14N2O3S/c1-18-15(20)12-4-3-11(8-13(12)16(18)21)17-14(19)5-2-10-6-7-22-9-10/h3-4,6-9H,2,5H2,1H3,(H,17,19). The molecule has 2 aromatic rings. The molecule has 0 aliphatic carbocycles. The number of amides is 3. The average molecular weight is 314 g/mol. The van der Waals surface area contributed by atoms with Gasteiger partial charge >= 0.3 is 0 Å². The SMILES string of the molecule is CN1C(=O)c2ccc(NC(=O)CCc3ccsc3)cc2C1=O. The Morgan fingerprint density at radius 2 is 1.95 bits per heavy atom. The molecule has 3 rings (SSSR count). The van der Waals surface area contributed by atoms with E-state index in [-0.39, 0.29) is 17.7 Å². The molecule has 1 aromatic heterocycles. The van der Waals surface area contributed by atoms with Crippen LogP contribution in [0.2, 0.25) is 0 Å². The topological polar surface area (TPSA) is 66.5 Å². The van der Waals surface area contributed by atoms with Gasteiger partial charge in [0, 0.05) is 19.2 Å². The number of imide groups is 1. The second-order valence-corrected chi connectivity index (χ2v) is 5.89. The van der Waals surface area contributed by atoms with E-state index in [9.17, 15) is 14.4 Å². The Hall–Kier alpha value is -2.47. The van der Waals surface area contributed by atoms with Crippen molar-refractivity contribution < 1.29 is 14.4 Å². The first-order chi connectivity index (χ1) is 10.6. The fourth-order valence-electron chi connectivity index (χ4n) is 2.36. The number of hydrogen-bond acceptors (Lipinski definition) is 4. The van der Waals surface area contributed by atoms with Crippen LogP contribution < -0.4 is 5.32 Å². The van der Waals surface area contributed by atoms with Crippen LogP contribution in [-0.4, -0.2) is 29.7 Å². The monoisotopic (exact) mass is 314 g/mol. The van der Waals surface area contributed by atoms with Crippen molar-refractivity contribution in [1.29, 1.82) is 0 Å². The molecule has 112 valence electrons. The minimum Gasteiger partial charge on any atom is -0.326 e. The molecule has 1 aliphatic heterocycles. The minimum absolute atomic E-state index is 0.115. The van der Waals surface area contributed by atoms with Gasteiger partial charge in [0.05, 0.1) is 11.1 Å². The van der Waals surface area contributed by atoms with Gasteiger partial charge in [0.25, 0.3) is 11.8 Å². The third-order valence-corrected chi connectivity index (χ3v) is 4.33. The maximum absolute atomic E-state index is 11.9. The number of benzene rings is 1. The summed E-state index contributed by atoms with van der Waals surface area (Å²) in [4.78, 5) is 36.7. The summed E-state index contributed by atoms with van der Waals surface area (Å²) < 4.78 is 0. The van der Waals surface area contributed by atoms with Crippen molar-refractivity contribution in [1.82, 2.24) is 4.90 Å². The minimum atomic E-state index is -0.339. The van der Waals surface area contributed by atoms with Gasteiger partial charge < -0.3 is 5.32 Å². The molecule has 0 unspecified atom stereocenters. The second kappa shape index (κ2) is 5.73. The molecule has 0 saturated carbocycles. The molecule has 0 atom stereocenters. The number of hydrogen-bond donors (Lipinski definition) is 1. The van der Waals surface area contributed by atoms with Crippen molar-refractivity contribution in [2.24, 2.45) is 0 Å². The van der Waals surface area contributed by atoms with Gasteiger partial charge in [-0.3, -0.25) is 19.3 Å². The smallest absolute Gasteiger partial charge is 0.261 e. The lowest BCUT2D eigenvalue weighted by Crippen LogP contribution is -2.24. The van der Waals surface area contributed by atoms with Crippen LogP contribution in [0, 0.1) is 0 Å². The Labute approximate surface area is 131 Å². The fourth-order valence-corrected chi connectivity index (χ4v) is 3.06. The average Bonchev–Trinajstić information content (AvgIpc) is 3.10. The first-order valence-corrected chi connectivity index (χ1v) is 7.78. The van der Waals surface area contributed by atoms with E-state index in [2.05, 4.69) is 5.32 Å². The Morgan fingerprint density at radius 3 is 2.68 bits per heavy atom. The largest absolute Gasteiger partial charge is 0.326 e. The van der Waals surface area contributed by atoms with Crippen molar-refractivity contribution in [3.8, 4) is 0 Å². The van der Waals surface area contributed by atoms with Crippen molar-refractivity contribution in [3.63, 3.8) is 0 Å². The van der Waals surface area contributed by atoms with E-state index in [1.807, 2.05) is 16.8 Å².